The summed E-state index contributed by atoms with van der Waals surface area (Å²) < 4.78 is 0. The summed E-state index contributed by atoms with van der Waals surface area (Å²) in [6.07, 6.45) is 3.74. The largest absolute Gasteiger partial charge is 0.388 e. The van der Waals surface area contributed by atoms with E-state index < -0.39 is 5.60 Å². The molecule has 0 aliphatic heterocycles. The highest BCUT2D eigenvalue weighted by Crippen LogP contribution is 2.33. The van der Waals surface area contributed by atoms with Crippen molar-refractivity contribution < 1.29 is 5.11 Å². The molecule has 4 nitrogen and oxygen atoms in total. The third-order valence-electron chi connectivity index (χ3n) is 4.06. The van der Waals surface area contributed by atoms with E-state index in [1.54, 1.807) is 6.07 Å². The zero-order chi connectivity index (χ0) is 15.5. The number of anilines is 2. The van der Waals surface area contributed by atoms with Gasteiger partial charge in [-0.3, -0.25) is 0 Å². The molecule has 1 saturated carbocycles. The van der Waals surface area contributed by atoms with Crippen LogP contribution in [0.3, 0.4) is 0 Å². The normalized spacial score (nSPS) is 25.7. The SMILES string of the molecule is CCNc1nc(NCC2(O)CCC(C)CC2)c(Cl)cc1Cl. The first-order chi connectivity index (χ1) is 9.93. The number of rotatable bonds is 5. The average molecular weight is 332 g/mol. The Hall–Kier alpha value is -0.710. The van der Waals surface area contributed by atoms with Crippen LogP contribution in [-0.2, 0) is 0 Å². The Balaban J connectivity index is 2.04. The summed E-state index contributed by atoms with van der Waals surface area (Å²) >= 11 is 12.3. The Kier molecular flexibility index (Phi) is 5.58. The van der Waals surface area contributed by atoms with Crippen molar-refractivity contribution in [1.82, 2.24) is 4.98 Å². The van der Waals surface area contributed by atoms with Gasteiger partial charge in [0.05, 0.1) is 15.6 Å². The van der Waals surface area contributed by atoms with Crippen molar-refractivity contribution in [3.8, 4) is 0 Å². The topological polar surface area (TPSA) is 57.2 Å². The van der Waals surface area contributed by atoms with Gasteiger partial charge in [0.25, 0.3) is 0 Å². The molecule has 1 fully saturated rings. The molecule has 0 unspecified atom stereocenters. The molecule has 0 aromatic carbocycles. The highest BCUT2D eigenvalue weighted by Gasteiger charge is 2.31. The third-order valence-corrected chi connectivity index (χ3v) is 4.64. The predicted molar refractivity (Wildman–Crippen MR) is 89.5 cm³/mol. The van der Waals surface area contributed by atoms with Crippen LogP contribution in [0.25, 0.3) is 0 Å². The van der Waals surface area contributed by atoms with Crippen LogP contribution in [0.1, 0.15) is 39.5 Å². The molecule has 0 radical (unpaired) electrons. The number of aromatic nitrogens is 1. The molecule has 0 saturated heterocycles. The summed E-state index contributed by atoms with van der Waals surface area (Å²) in [5.41, 5.74) is -0.671. The predicted octanol–water partition coefficient (Wildman–Crippen LogP) is 4.17. The molecule has 1 aromatic heterocycles. The quantitative estimate of drug-likeness (QED) is 0.757. The summed E-state index contributed by atoms with van der Waals surface area (Å²) in [5.74, 6) is 1.86. The molecule has 0 amide bonds. The van der Waals surface area contributed by atoms with E-state index in [-0.39, 0.29) is 0 Å². The summed E-state index contributed by atoms with van der Waals surface area (Å²) in [4.78, 5) is 4.39. The van der Waals surface area contributed by atoms with Gasteiger partial charge in [0.15, 0.2) is 0 Å². The molecule has 2 rings (SSSR count). The van der Waals surface area contributed by atoms with Gasteiger partial charge in [-0.05, 0) is 44.6 Å². The van der Waals surface area contributed by atoms with Crippen LogP contribution in [0, 0.1) is 5.92 Å². The van der Waals surface area contributed by atoms with Crippen molar-refractivity contribution in [2.75, 3.05) is 23.7 Å². The minimum atomic E-state index is -0.671. The maximum Gasteiger partial charge on any atom is 0.147 e. The van der Waals surface area contributed by atoms with Gasteiger partial charge in [-0.1, -0.05) is 30.1 Å². The number of hydrogen-bond donors (Lipinski definition) is 3. The Morgan fingerprint density at radius 3 is 2.38 bits per heavy atom. The zero-order valence-electron chi connectivity index (χ0n) is 12.5. The number of nitrogens with zero attached hydrogens (tertiary/aromatic N) is 1. The van der Waals surface area contributed by atoms with Gasteiger partial charge in [-0.2, -0.15) is 0 Å². The smallest absolute Gasteiger partial charge is 0.147 e. The Labute approximate surface area is 136 Å². The highest BCUT2D eigenvalue weighted by atomic mass is 35.5. The van der Waals surface area contributed by atoms with Crippen LogP contribution in [-0.4, -0.2) is 28.8 Å². The van der Waals surface area contributed by atoms with Gasteiger partial charge in [0.1, 0.15) is 11.6 Å². The Morgan fingerprint density at radius 1 is 1.24 bits per heavy atom. The average Bonchev–Trinajstić information content (AvgIpc) is 2.44. The fraction of sp³-hybridized carbons (Fsp3) is 0.667. The molecular weight excluding hydrogens is 309 g/mol. The minimum Gasteiger partial charge on any atom is -0.388 e. The van der Waals surface area contributed by atoms with Crippen LogP contribution < -0.4 is 10.6 Å². The number of aliphatic hydroxyl groups is 1. The molecule has 0 atom stereocenters. The molecule has 0 bridgehead atoms. The van der Waals surface area contributed by atoms with Crippen molar-refractivity contribution in [2.45, 2.75) is 45.1 Å². The first-order valence-corrected chi connectivity index (χ1v) is 8.25. The van der Waals surface area contributed by atoms with E-state index in [4.69, 9.17) is 23.2 Å². The molecule has 118 valence electrons. The lowest BCUT2D eigenvalue weighted by Crippen LogP contribution is -2.40. The van der Waals surface area contributed by atoms with E-state index in [1.807, 2.05) is 6.92 Å². The Morgan fingerprint density at radius 2 is 1.81 bits per heavy atom. The Bertz CT molecular complexity index is 488. The van der Waals surface area contributed by atoms with Crippen molar-refractivity contribution in [3.05, 3.63) is 16.1 Å². The van der Waals surface area contributed by atoms with E-state index in [9.17, 15) is 5.11 Å². The van der Waals surface area contributed by atoms with Crippen LogP contribution >= 0.6 is 23.2 Å². The standard InChI is InChI=1S/C15H23Cl2N3O/c1-3-18-13-11(16)8-12(17)14(20-13)19-9-15(21)6-4-10(2)5-7-15/h8,10,21H,3-7,9H2,1-2H3,(H2,18,19,20). The molecule has 1 aliphatic rings. The number of hydrogen-bond acceptors (Lipinski definition) is 4. The summed E-state index contributed by atoms with van der Waals surface area (Å²) in [5, 5.41) is 17.8. The lowest BCUT2D eigenvalue weighted by molar-refractivity contribution is 0.00495. The number of nitrogens with one attached hydrogen (secondary N) is 2. The minimum absolute atomic E-state index is 0.458. The molecule has 0 spiro atoms. The maximum atomic E-state index is 10.6. The van der Waals surface area contributed by atoms with E-state index in [1.165, 1.54) is 0 Å². The molecule has 1 aromatic rings. The fourth-order valence-corrected chi connectivity index (χ4v) is 3.10. The van der Waals surface area contributed by atoms with Crippen molar-refractivity contribution in [2.24, 2.45) is 5.92 Å². The van der Waals surface area contributed by atoms with E-state index in [0.29, 0.717) is 34.1 Å². The molecule has 21 heavy (non-hydrogen) atoms. The molecule has 3 N–H and O–H groups in total. The molecule has 1 heterocycles. The zero-order valence-corrected chi connectivity index (χ0v) is 14.1. The van der Waals surface area contributed by atoms with Crippen LogP contribution in [0.5, 0.6) is 0 Å². The summed E-state index contributed by atoms with van der Waals surface area (Å²) in [6, 6.07) is 1.67. The van der Waals surface area contributed by atoms with Crippen LogP contribution in [0.2, 0.25) is 10.0 Å². The van der Waals surface area contributed by atoms with Gasteiger partial charge in [-0.15, -0.1) is 0 Å². The molecule has 6 heteroatoms. The van der Waals surface area contributed by atoms with Crippen LogP contribution in [0.4, 0.5) is 11.6 Å². The third kappa shape index (κ3) is 4.38. The lowest BCUT2D eigenvalue weighted by atomic mass is 9.79. The van der Waals surface area contributed by atoms with E-state index in [2.05, 4.69) is 22.5 Å². The second-order valence-electron chi connectivity index (χ2n) is 5.94. The summed E-state index contributed by atoms with van der Waals surface area (Å²) in [6.45, 7) is 5.40. The lowest BCUT2D eigenvalue weighted by Gasteiger charge is -2.35. The van der Waals surface area contributed by atoms with Gasteiger partial charge >= 0.3 is 0 Å². The highest BCUT2D eigenvalue weighted by molar-refractivity contribution is 6.37. The van der Waals surface area contributed by atoms with Crippen molar-refractivity contribution in [3.63, 3.8) is 0 Å². The van der Waals surface area contributed by atoms with Crippen LogP contribution in [0.15, 0.2) is 6.07 Å². The van der Waals surface area contributed by atoms with Crippen molar-refractivity contribution >= 4 is 34.8 Å². The monoisotopic (exact) mass is 331 g/mol. The van der Waals surface area contributed by atoms with Gasteiger partial charge in [-0.25, -0.2) is 4.98 Å². The van der Waals surface area contributed by atoms with E-state index in [0.717, 1.165) is 32.2 Å². The van der Waals surface area contributed by atoms with E-state index >= 15 is 0 Å². The second kappa shape index (κ2) is 7.03. The second-order valence-corrected chi connectivity index (χ2v) is 6.75. The molecule has 1 aliphatic carbocycles. The fourth-order valence-electron chi connectivity index (χ4n) is 2.61. The van der Waals surface area contributed by atoms with Gasteiger partial charge in [0.2, 0.25) is 0 Å². The number of pyridine rings is 1. The molecular formula is C15H23Cl2N3O. The van der Waals surface area contributed by atoms with Gasteiger partial charge < -0.3 is 15.7 Å². The first kappa shape index (κ1) is 16.7. The van der Waals surface area contributed by atoms with Crippen molar-refractivity contribution in [1.29, 1.82) is 0 Å². The maximum absolute atomic E-state index is 10.6. The first-order valence-electron chi connectivity index (χ1n) is 7.49. The number of halogens is 2. The van der Waals surface area contributed by atoms with Gasteiger partial charge in [0, 0.05) is 13.1 Å². The summed E-state index contributed by atoms with van der Waals surface area (Å²) in [7, 11) is 0.